The van der Waals surface area contributed by atoms with Crippen LogP contribution in [0.2, 0.25) is 0 Å². The Kier molecular flexibility index (Phi) is 7.76. The Morgan fingerprint density at radius 3 is 2.66 bits per heavy atom. The van der Waals surface area contributed by atoms with E-state index in [4.69, 9.17) is 23.4 Å². The summed E-state index contributed by atoms with van der Waals surface area (Å²) in [6, 6.07) is 13.5. The number of hydrazone groups is 1. The molecule has 0 spiro atoms. The molecule has 2 heterocycles. The standard InChI is InChI=1S/C24H18BrIN2O7/c1-2-32-20-7-13(3-5-18(20)33-12-16-4-6-19(34-16)24(30)31)11-27-28-23(29)21-9-14-8-15(25)10-17(26)22(14)35-21/h3-11H,2,12H2,1H3,(H,28,29)(H,30,31). The maximum absolute atomic E-state index is 12.5. The van der Waals surface area contributed by atoms with Crippen molar-refractivity contribution in [1.82, 2.24) is 5.43 Å². The van der Waals surface area contributed by atoms with Gasteiger partial charge in [0.1, 0.15) is 18.0 Å². The predicted molar refractivity (Wildman–Crippen MR) is 139 cm³/mol. The topological polar surface area (TPSA) is 124 Å². The smallest absolute Gasteiger partial charge is 0.371 e. The lowest BCUT2D eigenvalue weighted by Gasteiger charge is -2.11. The number of hydrogen-bond donors (Lipinski definition) is 2. The first-order valence-corrected chi connectivity index (χ1v) is 12.1. The molecule has 0 aliphatic rings. The number of halogens is 2. The molecule has 11 heteroatoms. The third-order valence-electron chi connectivity index (χ3n) is 4.65. The van der Waals surface area contributed by atoms with Crippen LogP contribution in [0.5, 0.6) is 11.5 Å². The molecule has 0 radical (unpaired) electrons. The van der Waals surface area contributed by atoms with E-state index in [1.54, 1.807) is 24.3 Å². The van der Waals surface area contributed by atoms with E-state index >= 15 is 0 Å². The molecule has 0 saturated heterocycles. The fourth-order valence-electron chi connectivity index (χ4n) is 3.12. The SMILES string of the molecule is CCOc1cc(C=NNC(=O)c2cc3cc(Br)cc(I)c3o2)ccc1OCc1ccc(C(=O)O)o1. The Morgan fingerprint density at radius 2 is 1.91 bits per heavy atom. The van der Waals surface area contributed by atoms with E-state index in [0.717, 1.165) is 13.4 Å². The summed E-state index contributed by atoms with van der Waals surface area (Å²) in [4.78, 5) is 23.4. The number of amides is 1. The van der Waals surface area contributed by atoms with Crippen LogP contribution in [0.15, 0.2) is 66.9 Å². The molecule has 0 unspecified atom stereocenters. The first kappa shape index (κ1) is 24.8. The van der Waals surface area contributed by atoms with Crippen molar-refractivity contribution < 1.29 is 33.0 Å². The van der Waals surface area contributed by atoms with Gasteiger partial charge in [-0.1, -0.05) is 15.9 Å². The number of carboxylic acid groups (broad SMARTS) is 1. The highest BCUT2D eigenvalue weighted by atomic mass is 127. The van der Waals surface area contributed by atoms with Gasteiger partial charge >= 0.3 is 11.9 Å². The Hall–Kier alpha value is -3.32. The van der Waals surface area contributed by atoms with Crippen LogP contribution in [-0.2, 0) is 6.61 Å². The van der Waals surface area contributed by atoms with E-state index in [-0.39, 0.29) is 18.1 Å². The zero-order valence-corrected chi connectivity index (χ0v) is 22.0. The number of rotatable bonds is 9. The number of carbonyl (C=O) groups is 2. The molecule has 0 fully saturated rings. The van der Waals surface area contributed by atoms with Crippen LogP contribution in [0.1, 0.15) is 39.4 Å². The summed E-state index contributed by atoms with van der Waals surface area (Å²) in [5, 5.41) is 13.8. The zero-order chi connectivity index (χ0) is 24.9. The van der Waals surface area contributed by atoms with Gasteiger partial charge in [0, 0.05) is 9.86 Å². The van der Waals surface area contributed by atoms with Crippen LogP contribution in [-0.4, -0.2) is 29.8 Å². The van der Waals surface area contributed by atoms with E-state index in [1.807, 2.05) is 19.1 Å². The number of nitrogens with one attached hydrogen (secondary N) is 1. The lowest BCUT2D eigenvalue weighted by atomic mass is 10.2. The number of furan rings is 2. The molecule has 2 aromatic carbocycles. The summed E-state index contributed by atoms with van der Waals surface area (Å²) < 4.78 is 24.0. The molecule has 4 aromatic rings. The largest absolute Gasteiger partial charge is 0.490 e. The Balaban J connectivity index is 1.42. The lowest BCUT2D eigenvalue weighted by molar-refractivity contribution is 0.0657. The Bertz CT molecular complexity index is 1430. The number of aromatic carboxylic acids is 1. The minimum Gasteiger partial charge on any atom is -0.490 e. The highest BCUT2D eigenvalue weighted by Crippen LogP contribution is 2.30. The Labute approximate surface area is 221 Å². The minimum atomic E-state index is -1.15. The van der Waals surface area contributed by atoms with Crippen molar-refractivity contribution in [3.05, 3.63) is 79.4 Å². The lowest BCUT2D eigenvalue weighted by Crippen LogP contribution is -2.16. The number of nitrogens with zero attached hydrogens (tertiary/aromatic N) is 1. The van der Waals surface area contributed by atoms with E-state index in [2.05, 4.69) is 49.0 Å². The van der Waals surface area contributed by atoms with Crippen molar-refractivity contribution in [3.8, 4) is 11.5 Å². The van der Waals surface area contributed by atoms with Gasteiger partial charge in [-0.25, -0.2) is 10.2 Å². The number of hydrogen-bond acceptors (Lipinski definition) is 7. The average molecular weight is 653 g/mol. The maximum Gasteiger partial charge on any atom is 0.371 e. The van der Waals surface area contributed by atoms with E-state index in [1.165, 1.54) is 18.3 Å². The predicted octanol–water partition coefficient (Wildman–Crippen LogP) is 5.83. The number of benzene rings is 2. The van der Waals surface area contributed by atoms with Gasteiger partial charge in [-0.05, 0) is 83.6 Å². The molecule has 0 bridgehead atoms. The summed E-state index contributed by atoms with van der Waals surface area (Å²) in [7, 11) is 0. The van der Waals surface area contributed by atoms with Crippen LogP contribution in [0, 0.1) is 3.57 Å². The van der Waals surface area contributed by atoms with Crippen LogP contribution >= 0.6 is 38.5 Å². The monoisotopic (exact) mass is 652 g/mol. The van der Waals surface area contributed by atoms with Gasteiger partial charge in [0.2, 0.25) is 5.76 Å². The van der Waals surface area contributed by atoms with E-state index in [0.29, 0.717) is 35.0 Å². The first-order valence-electron chi connectivity index (χ1n) is 10.3. The van der Waals surface area contributed by atoms with Crippen LogP contribution in [0.25, 0.3) is 11.0 Å². The van der Waals surface area contributed by atoms with Crippen molar-refractivity contribution in [2.24, 2.45) is 5.10 Å². The molecule has 0 aliphatic carbocycles. The molecule has 180 valence electrons. The van der Waals surface area contributed by atoms with E-state index in [9.17, 15) is 9.59 Å². The van der Waals surface area contributed by atoms with Gasteiger partial charge in [-0.3, -0.25) is 4.79 Å². The maximum atomic E-state index is 12.5. The molecular formula is C24H18BrIN2O7. The molecule has 2 aromatic heterocycles. The number of carboxylic acids is 1. The fraction of sp³-hybridized carbons (Fsp3) is 0.125. The highest BCUT2D eigenvalue weighted by molar-refractivity contribution is 14.1. The van der Waals surface area contributed by atoms with Gasteiger partial charge in [-0.2, -0.15) is 5.10 Å². The van der Waals surface area contributed by atoms with Crippen molar-refractivity contribution in [2.75, 3.05) is 6.61 Å². The van der Waals surface area contributed by atoms with Crippen molar-refractivity contribution in [2.45, 2.75) is 13.5 Å². The molecule has 35 heavy (non-hydrogen) atoms. The van der Waals surface area contributed by atoms with Gasteiger partial charge in [0.25, 0.3) is 0 Å². The molecule has 1 amide bonds. The molecule has 4 rings (SSSR count). The third-order valence-corrected chi connectivity index (χ3v) is 5.91. The van der Waals surface area contributed by atoms with E-state index < -0.39 is 11.9 Å². The van der Waals surface area contributed by atoms with Crippen molar-refractivity contribution >= 4 is 67.6 Å². The fourth-order valence-corrected chi connectivity index (χ4v) is 4.78. The number of carbonyl (C=O) groups excluding carboxylic acids is 1. The summed E-state index contributed by atoms with van der Waals surface area (Å²) in [5.41, 5.74) is 3.75. The second-order valence-electron chi connectivity index (χ2n) is 7.11. The average Bonchev–Trinajstić information content (AvgIpc) is 3.46. The van der Waals surface area contributed by atoms with Crippen molar-refractivity contribution in [1.29, 1.82) is 0 Å². The van der Waals surface area contributed by atoms with Crippen LogP contribution in [0.4, 0.5) is 0 Å². The molecule has 0 saturated carbocycles. The summed E-state index contributed by atoms with van der Waals surface area (Å²) >= 11 is 5.58. The summed E-state index contributed by atoms with van der Waals surface area (Å²) in [5.74, 6) is -0.359. The summed E-state index contributed by atoms with van der Waals surface area (Å²) in [6.45, 7) is 2.27. The zero-order valence-electron chi connectivity index (χ0n) is 18.2. The van der Waals surface area contributed by atoms with Gasteiger partial charge in [0.15, 0.2) is 17.3 Å². The van der Waals surface area contributed by atoms with Gasteiger partial charge in [0.05, 0.1) is 16.4 Å². The number of fused-ring (bicyclic) bond motifs is 1. The van der Waals surface area contributed by atoms with Crippen LogP contribution in [0.3, 0.4) is 0 Å². The second kappa shape index (κ2) is 11.0. The quantitative estimate of drug-likeness (QED) is 0.132. The molecule has 0 atom stereocenters. The van der Waals surface area contributed by atoms with Gasteiger partial charge in [-0.15, -0.1) is 0 Å². The first-order chi connectivity index (χ1) is 16.8. The second-order valence-corrected chi connectivity index (χ2v) is 9.19. The highest BCUT2D eigenvalue weighted by Gasteiger charge is 2.15. The molecule has 2 N–H and O–H groups in total. The molecule has 9 nitrogen and oxygen atoms in total. The summed E-state index contributed by atoms with van der Waals surface area (Å²) in [6.07, 6.45) is 1.47. The number of ether oxygens (including phenoxy) is 2. The molecular weight excluding hydrogens is 635 g/mol. The minimum absolute atomic E-state index is 0.0316. The van der Waals surface area contributed by atoms with Gasteiger partial charge < -0.3 is 23.4 Å². The van der Waals surface area contributed by atoms with Crippen LogP contribution < -0.4 is 14.9 Å². The Morgan fingerprint density at radius 1 is 1.09 bits per heavy atom. The van der Waals surface area contributed by atoms with Crippen molar-refractivity contribution in [3.63, 3.8) is 0 Å². The molecule has 0 aliphatic heterocycles. The normalized spacial score (nSPS) is 11.2. The third kappa shape index (κ3) is 6.03.